The van der Waals surface area contributed by atoms with Crippen LogP contribution in [-0.4, -0.2) is 28.8 Å². The van der Waals surface area contributed by atoms with Crippen LogP contribution in [0.1, 0.15) is 45.4 Å². The van der Waals surface area contributed by atoms with Crippen molar-refractivity contribution in [3.8, 4) is 16.9 Å². The number of pyridine rings is 1. The van der Waals surface area contributed by atoms with E-state index in [-0.39, 0.29) is 19.3 Å². The predicted molar refractivity (Wildman–Crippen MR) is 143 cm³/mol. The Kier molecular flexibility index (Phi) is 7.68. The number of benzene rings is 2. The number of unbranched alkanes of at least 4 members (excludes halogenated alkanes) is 2. The number of amides is 2. The molecule has 10 nitrogen and oxygen atoms in total. The zero-order valence-corrected chi connectivity index (χ0v) is 21.9. The van der Waals surface area contributed by atoms with E-state index in [1.807, 2.05) is 36.5 Å². The molecule has 4 aromatic rings. The molecule has 1 aliphatic rings. The van der Waals surface area contributed by atoms with Gasteiger partial charge in [-0.3, -0.25) is 14.4 Å². The number of carbonyl (C=O) groups excluding carboxylic acids is 4. The van der Waals surface area contributed by atoms with Crippen LogP contribution in [0.5, 0.6) is 5.75 Å². The number of nitrogens with zero attached hydrogens (tertiary/aromatic N) is 2. The van der Waals surface area contributed by atoms with Crippen molar-refractivity contribution < 1.29 is 37.7 Å². The first-order valence-electron chi connectivity index (χ1n) is 13.0. The maximum atomic E-state index is 13.0. The summed E-state index contributed by atoms with van der Waals surface area (Å²) in [5.41, 5.74) is 1.92. The summed E-state index contributed by atoms with van der Waals surface area (Å²) < 4.78 is 12.8. The van der Waals surface area contributed by atoms with Crippen LogP contribution < -0.4 is 14.9 Å². The SMILES string of the molecule is CC(=O)Oc1ccc2cc(-c3cc[n+](CCCCCC(=O)ON4C(=O)CCC4=O)c4ccccc34)c(=O)oc2c1. The summed E-state index contributed by atoms with van der Waals surface area (Å²) in [5.74, 6) is -1.73. The van der Waals surface area contributed by atoms with Gasteiger partial charge in [-0.05, 0) is 37.1 Å². The normalized spacial score (nSPS) is 13.3. The van der Waals surface area contributed by atoms with E-state index < -0.39 is 29.4 Å². The van der Waals surface area contributed by atoms with Crippen molar-refractivity contribution in [3.63, 3.8) is 0 Å². The number of para-hydroxylation sites is 1. The number of hydrogen-bond acceptors (Lipinski definition) is 8. The average Bonchev–Trinajstić information content (AvgIpc) is 3.24. The van der Waals surface area contributed by atoms with Gasteiger partial charge in [-0.2, -0.15) is 4.57 Å². The summed E-state index contributed by atoms with van der Waals surface area (Å²) in [6.07, 6.45) is 4.25. The Morgan fingerprint density at radius 1 is 0.925 bits per heavy atom. The lowest BCUT2D eigenvalue weighted by molar-refractivity contribution is -0.671. The second-order valence-electron chi connectivity index (χ2n) is 9.54. The Labute approximate surface area is 228 Å². The van der Waals surface area contributed by atoms with E-state index in [2.05, 4.69) is 4.57 Å². The van der Waals surface area contributed by atoms with E-state index in [0.29, 0.717) is 40.3 Å². The Morgan fingerprint density at radius 3 is 2.48 bits per heavy atom. The van der Waals surface area contributed by atoms with Gasteiger partial charge < -0.3 is 14.0 Å². The number of ether oxygens (including phenoxy) is 1. The Morgan fingerprint density at radius 2 is 1.70 bits per heavy atom. The summed E-state index contributed by atoms with van der Waals surface area (Å²) in [4.78, 5) is 64.3. The van der Waals surface area contributed by atoms with Gasteiger partial charge in [0.15, 0.2) is 6.20 Å². The van der Waals surface area contributed by atoms with Crippen LogP contribution in [0.25, 0.3) is 33.0 Å². The van der Waals surface area contributed by atoms with Gasteiger partial charge in [-0.15, -0.1) is 5.06 Å². The molecule has 0 N–H and O–H groups in total. The van der Waals surface area contributed by atoms with Crippen LogP contribution in [0.4, 0.5) is 0 Å². The number of rotatable bonds is 9. The molecule has 1 saturated heterocycles. The molecule has 0 spiro atoms. The van der Waals surface area contributed by atoms with E-state index in [1.54, 1.807) is 18.2 Å². The molecule has 1 aliphatic heterocycles. The third kappa shape index (κ3) is 5.75. The molecule has 204 valence electrons. The van der Waals surface area contributed by atoms with Gasteiger partial charge in [0.2, 0.25) is 5.52 Å². The van der Waals surface area contributed by atoms with E-state index >= 15 is 0 Å². The highest BCUT2D eigenvalue weighted by molar-refractivity contribution is 6.01. The molecule has 10 heteroatoms. The van der Waals surface area contributed by atoms with Crippen LogP contribution in [0.3, 0.4) is 0 Å². The number of esters is 1. The summed E-state index contributed by atoms with van der Waals surface area (Å²) in [6, 6.07) is 16.3. The number of aryl methyl sites for hydroxylation is 1. The number of fused-ring (bicyclic) bond motifs is 2. The minimum absolute atomic E-state index is 0.0698. The number of hydroxylamine groups is 2. The molecule has 1 fully saturated rings. The van der Waals surface area contributed by atoms with Gasteiger partial charge in [0.05, 0.1) is 10.9 Å². The molecule has 0 atom stereocenters. The van der Waals surface area contributed by atoms with Crippen LogP contribution in [0.15, 0.2) is 70.0 Å². The summed E-state index contributed by atoms with van der Waals surface area (Å²) >= 11 is 0. The second kappa shape index (κ2) is 11.5. The first kappa shape index (κ1) is 26.7. The largest absolute Gasteiger partial charge is 0.427 e. The van der Waals surface area contributed by atoms with E-state index in [4.69, 9.17) is 14.0 Å². The molecule has 0 unspecified atom stereocenters. The molecular formula is C30H27N2O8+. The molecule has 2 amide bonds. The highest BCUT2D eigenvalue weighted by Crippen LogP contribution is 2.28. The molecule has 2 aromatic carbocycles. The molecule has 3 heterocycles. The first-order chi connectivity index (χ1) is 19.3. The quantitative estimate of drug-likeness (QED) is 0.0775. The van der Waals surface area contributed by atoms with Gasteiger partial charge in [0.1, 0.15) is 17.9 Å². The van der Waals surface area contributed by atoms with E-state index in [1.165, 1.54) is 13.0 Å². The number of carbonyl (C=O) groups is 4. The van der Waals surface area contributed by atoms with Gasteiger partial charge in [-0.1, -0.05) is 12.1 Å². The minimum atomic E-state index is -0.595. The lowest BCUT2D eigenvalue weighted by Gasteiger charge is -2.12. The highest BCUT2D eigenvalue weighted by atomic mass is 16.7. The summed E-state index contributed by atoms with van der Waals surface area (Å²) in [6.45, 7) is 1.99. The third-order valence-corrected chi connectivity index (χ3v) is 6.66. The molecule has 0 bridgehead atoms. The Bertz CT molecular complexity index is 1690. The first-order valence-corrected chi connectivity index (χ1v) is 13.0. The van der Waals surface area contributed by atoms with Crippen LogP contribution in [0, 0.1) is 0 Å². The number of imide groups is 1. The molecule has 0 saturated carbocycles. The van der Waals surface area contributed by atoms with Crippen molar-refractivity contribution in [2.75, 3.05) is 0 Å². The van der Waals surface area contributed by atoms with Crippen molar-refractivity contribution in [1.29, 1.82) is 0 Å². The zero-order chi connectivity index (χ0) is 28.2. The molecule has 5 rings (SSSR count). The van der Waals surface area contributed by atoms with Crippen molar-refractivity contribution >= 4 is 45.6 Å². The fourth-order valence-corrected chi connectivity index (χ4v) is 4.76. The zero-order valence-electron chi connectivity index (χ0n) is 21.9. The number of aromatic nitrogens is 1. The van der Waals surface area contributed by atoms with Crippen LogP contribution in [0.2, 0.25) is 0 Å². The van der Waals surface area contributed by atoms with Crippen LogP contribution >= 0.6 is 0 Å². The van der Waals surface area contributed by atoms with Crippen LogP contribution in [-0.2, 0) is 30.6 Å². The van der Waals surface area contributed by atoms with Gasteiger partial charge in [0, 0.05) is 61.8 Å². The maximum Gasteiger partial charge on any atom is 0.344 e. The fraction of sp³-hybridized carbons (Fsp3) is 0.267. The van der Waals surface area contributed by atoms with Gasteiger partial charge in [-0.25, -0.2) is 9.59 Å². The summed E-state index contributed by atoms with van der Waals surface area (Å²) in [5, 5.41) is 2.16. The monoisotopic (exact) mass is 543 g/mol. The van der Waals surface area contributed by atoms with Gasteiger partial charge in [0.25, 0.3) is 11.8 Å². The molecular weight excluding hydrogens is 516 g/mol. The Hall–Kier alpha value is -4.86. The highest BCUT2D eigenvalue weighted by Gasteiger charge is 2.32. The molecule has 40 heavy (non-hydrogen) atoms. The van der Waals surface area contributed by atoms with E-state index in [9.17, 15) is 24.0 Å². The topological polar surface area (TPSA) is 124 Å². The lowest BCUT2D eigenvalue weighted by atomic mass is 10.0. The van der Waals surface area contributed by atoms with Gasteiger partial charge >= 0.3 is 17.6 Å². The minimum Gasteiger partial charge on any atom is -0.427 e. The average molecular weight is 544 g/mol. The van der Waals surface area contributed by atoms with Crippen molar-refractivity contribution in [2.45, 2.75) is 52.0 Å². The lowest BCUT2D eigenvalue weighted by Crippen LogP contribution is -2.34. The molecule has 0 aliphatic carbocycles. The third-order valence-electron chi connectivity index (χ3n) is 6.66. The fourth-order valence-electron chi connectivity index (χ4n) is 4.76. The standard InChI is InChI=1S/C30H27N2O8/c1-19(33)38-21-11-10-20-17-24(30(37)39-26(20)18-21)22-14-16-31(25-8-5-4-7-23(22)25)15-6-2-3-9-29(36)40-32-27(34)12-13-28(32)35/h4-5,7-8,10-11,14,16-18H,2-3,6,9,12-13,15H2,1H3/q+1. The second-order valence-corrected chi connectivity index (χ2v) is 9.54. The van der Waals surface area contributed by atoms with Crippen molar-refractivity contribution in [3.05, 3.63) is 71.2 Å². The predicted octanol–water partition coefficient (Wildman–Crippen LogP) is 3.99. The molecule has 2 aromatic heterocycles. The smallest absolute Gasteiger partial charge is 0.344 e. The van der Waals surface area contributed by atoms with Crippen molar-refractivity contribution in [1.82, 2.24) is 5.06 Å². The van der Waals surface area contributed by atoms with E-state index in [0.717, 1.165) is 29.3 Å². The summed E-state index contributed by atoms with van der Waals surface area (Å²) in [7, 11) is 0. The number of hydrogen-bond donors (Lipinski definition) is 0. The maximum absolute atomic E-state index is 13.0. The Balaban J connectivity index is 1.27. The van der Waals surface area contributed by atoms with Crippen molar-refractivity contribution in [2.24, 2.45) is 0 Å². The molecule has 0 radical (unpaired) electrons.